The first kappa shape index (κ1) is 22.4. The molecule has 1 amide bonds. The predicted molar refractivity (Wildman–Crippen MR) is 119 cm³/mol. The number of halogens is 1. The van der Waals surface area contributed by atoms with Crippen molar-refractivity contribution in [2.75, 3.05) is 31.2 Å². The van der Waals surface area contributed by atoms with E-state index in [-0.39, 0.29) is 16.7 Å². The molecule has 2 N–H and O–H groups in total. The van der Waals surface area contributed by atoms with Crippen LogP contribution in [0.15, 0.2) is 41.5 Å². The van der Waals surface area contributed by atoms with E-state index in [1.54, 1.807) is 31.2 Å². The monoisotopic (exact) mass is 445 g/mol. The Balaban J connectivity index is 1.65. The number of amides is 1. The first-order valence-electron chi connectivity index (χ1n) is 9.97. The van der Waals surface area contributed by atoms with E-state index in [1.165, 1.54) is 19.1 Å². The number of carbonyl (C=O) groups excluding carboxylic acids is 1. The molecule has 31 heavy (non-hydrogen) atoms. The van der Waals surface area contributed by atoms with Crippen LogP contribution in [0.2, 0.25) is 5.02 Å². The summed E-state index contributed by atoms with van der Waals surface area (Å²) >= 11 is 6.21. The lowest BCUT2D eigenvalue weighted by Crippen LogP contribution is -2.19. The van der Waals surface area contributed by atoms with Crippen molar-refractivity contribution in [3.05, 3.63) is 52.5 Å². The van der Waals surface area contributed by atoms with Crippen molar-refractivity contribution < 1.29 is 24.2 Å². The van der Waals surface area contributed by atoms with Gasteiger partial charge in [0.2, 0.25) is 0 Å². The molecule has 1 aliphatic rings. The molecular formula is C22H24ClN3O5. The Morgan fingerprint density at radius 2 is 1.90 bits per heavy atom. The Labute approximate surface area is 185 Å². The lowest BCUT2D eigenvalue weighted by Gasteiger charge is -2.17. The summed E-state index contributed by atoms with van der Waals surface area (Å²) in [5.41, 5.74) is 4.66. The molecule has 0 unspecified atom stereocenters. The molecule has 1 heterocycles. The fourth-order valence-corrected chi connectivity index (χ4v) is 3.50. The van der Waals surface area contributed by atoms with Crippen molar-refractivity contribution in [3.8, 4) is 11.5 Å². The molecule has 0 atom stereocenters. The van der Waals surface area contributed by atoms with E-state index < -0.39 is 12.6 Å². The van der Waals surface area contributed by atoms with Gasteiger partial charge in [0.15, 0.2) is 18.1 Å². The Morgan fingerprint density at radius 1 is 1.19 bits per heavy atom. The van der Waals surface area contributed by atoms with E-state index in [0.717, 1.165) is 18.8 Å². The molecule has 0 radical (unpaired) electrons. The number of carboxylic acid groups (broad SMARTS) is 1. The maximum Gasteiger partial charge on any atom is 0.341 e. The van der Waals surface area contributed by atoms with Gasteiger partial charge in [-0.05, 0) is 61.7 Å². The number of nitrogens with zero attached hydrogens (tertiary/aromatic N) is 2. The molecule has 164 valence electrons. The van der Waals surface area contributed by atoms with Gasteiger partial charge >= 0.3 is 5.97 Å². The highest BCUT2D eigenvalue weighted by Gasteiger charge is 2.14. The van der Waals surface area contributed by atoms with Crippen LogP contribution >= 0.6 is 11.6 Å². The number of carboxylic acids is 1. The van der Waals surface area contributed by atoms with Crippen molar-refractivity contribution in [3.63, 3.8) is 0 Å². The van der Waals surface area contributed by atoms with Crippen LogP contribution < -0.4 is 19.8 Å². The Hall–Kier alpha value is -3.26. The number of aliphatic carboxylic acids is 1. The van der Waals surface area contributed by atoms with E-state index in [1.807, 2.05) is 12.1 Å². The lowest BCUT2D eigenvalue weighted by atomic mass is 10.2. The van der Waals surface area contributed by atoms with Crippen LogP contribution in [0.25, 0.3) is 0 Å². The minimum absolute atomic E-state index is 0.144. The summed E-state index contributed by atoms with van der Waals surface area (Å²) in [6.45, 7) is 3.67. The molecule has 2 aromatic carbocycles. The second-order valence-corrected chi connectivity index (χ2v) is 7.29. The quantitative estimate of drug-likeness (QED) is 0.452. The summed E-state index contributed by atoms with van der Waals surface area (Å²) in [4.78, 5) is 25.4. The number of ether oxygens (including phenoxy) is 2. The fraction of sp³-hybridized carbons (Fsp3) is 0.318. The van der Waals surface area contributed by atoms with Crippen LogP contribution in [0.4, 0.5) is 5.69 Å². The second kappa shape index (κ2) is 10.7. The van der Waals surface area contributed by atoms with Gasteiger partial charge in [-0.25, -0.2) is 10.2 Å². The standard InChI is InChI=1S/C22H24ClN3O5/c1-2-30-19-12-15(11-18(23)21(19)31-14-20(27)28)13-24-25-22(29)16-5-7-17(8-6-16)26-9-3-4-10-26/h5-8,11-13H,2-4,9-10,14H2,1H3,(H,25,29)(H,27,28)/b24-13-. The maximum absolute atomic E-state index is 12.3. The van der Waals surface area contributed by atoms with E-state index in [0.29, 0.717) is 23.5 Å². The average Bonchev–Trinajstić information content (AvgIpc) is 3.28. The van der Waals surface area contributed by atoms with Gasteiger partial charge < -0.3 is 19.5 Å². The van der Waals surface area contributed by atoms with Crippen LogP contribution in [0.3, 0.4) is 0 Å². The van der Waals surface area contributed by atoms with Crippen LogP contribution in [0, 0.1) is 0 Å². The van der Waals surface area contributed by atoms with E-state index in [4.69, 9.17) is 26.2 Å². The molecule has 0 aromatic heterocycles. The molecule has 9 heteroatoms. The molecule has 0 saturated carbocycles. The van der Waals surface area contributed by atoms with E-state index in [9.17, 15) is 9.59 Å². The Kier molecular flexibility index (Phi) is 7.72. The number of benzene rings is 2. The van der Waals surface area contributed by atoms with Crippen LogP contribution in [-0.4, -0.2) is 49.5 Å². The van der Waals surface area contributed by atoms with Gasteiger partial charge in [0.1, 0.15) is 0 Å². The zero-order chi connectivity index (χ0) is 22.2. The third kappa shape index (κ3) is 6.11. The second-order valence-electron chi connectivity index (χ2n) is 6.89. The molecule has 1 aliphatic heterocycles. The van der Waals surface area contributed by atoms with Gasteiger partial charge in [0.25, 0.3) is 5.91 Å². The van der Waals surface area contributed by atoms with Crippen LogP contribution in [-0.2, 0) is 4.79 Å². The number of rotatable bonds is 9. The van der Waals surface area contributed by atoms with Gasteiger partial charge in [-0.3, -0.25) is 4.79 Å². The number of anilines is 1. The number of carbonyl (C=O) groups is 2. The zero-order valence-electron chi connectivity index (χ0n) is 17.1. The average molecular weight is 446 g/mol. The predicted octanol–water partition coefficient (Wildman–Crippen LogP) is 3.57. The first-order valence-corrected chi connectivity index (χ1v) is 10.3. The van der Waals surface area contributed by atoms with Gasteiger partial charge in [0, 0.05) is 24.3 Å². The topological polar surface area (TPSA) is 100 Å². The summed E-state index contributed by atoms with van der Waals surface area (Å²) in [5.74, 6) is -1.02. The van der Waals surface area contributed by atoms with Crippen molar-refractivity contribution in [1.29, 1.82) is 0 Å². The van der Waals surface area contributed by atoms with Crippen molar-refractivity contribution in [2.45, 2.75) is 19.8 Å². The summed E-state index contributed by atoms with van der Waals surface area (Å²) in [6, 6.07) is 10.6. The van der Waals surface area contributed by atoms with E-state index >= 15 is 0 Å². The van der Waals surface area contributed by atoms with Crippen LogP contribution in [0.5, 0.6) is 11.5 Å². The number of hydrogen-bond acceptors (Lipinski definition) is 6. The molecule has 1 fully saturated rings. The molecular weight excluding hydrogens is 422 g/mol. The zero-order valence-corrected chi connectivity index (χ0v) is 17.9. The third-order valence-electron chi connectivity index (χ3n) is 4.65. The van der Waals surface area contributed by atoms with E-state index in [2.05, 4.69) is 15.4 Å². The Bertz CT molecular complexity index is 956. The van der Waals surface area contributed by atoms with Crippen molar-refractivity contribution in [2.24, 2.45) is 5.10 Å². The van der Waals surface area contributed by atoms with Gasteiger partial charge in [0.05, 0.1) is 17.8 Å². The summed E-state index contributed by atoms with van der Waals surface area (Å²) in [5, 5.41) is 13.0. The normalized spacial score (nSPS) is 13.4. The van der Waals surface area contributed by atoms with Gasteiger partial charge in [-0.2, -0.15) is 5.10 Å². The fourth-order valence-electron chi connectivity index (χ4n) is 3.23. The number of hydrazone groups is 1. The van der Waals surface area contributed by atoms with Gasteiger partial charge in [-0.15, -0.1) is 0 Å². The molecule has 8 nitrogen and oxygen atoms in total. The van der Waals surface area contributed by atoms with Crippen LogP contribution in [0.1, 0.15) is 35.7 Å². The highest BCUT2D eigenvalue weighted by molar-refractivity contribution is 6.32. The molecule has 0 bridgehead atoms. The highest BCUT2D eigenvalue weighted by Crippen LogP contribution is 2.36. The summed E-state index contributed by atoms with van der Waals surface area (Å²) in [6.07, 6.45) is 3.81. The molecule has 3 rings (SSSR count). The Morgan fingerprint density at radius 3 is 2.55 bits per heavy atom. The minimum Gasteiger partial charge on any atom is -0.490 e. The molecule has 0 aliphatic carbocycles. The number of hydrogen-bond donors (Lipinski definition) is 2. The highest BCUT2D eigenvalue weighted by atomic mass is 35.5. The maximum atomic E-state index is 12.3. The van der Waals surface area contributed by atoms with Crippen molar-refractivity contribution in [1.82, 2.24) is 5.43 Å². The summed E-state index contributed by atoms with van der Waals surface area (Å²) < 4.78 is 10.7. The van der Waals surface area contributed by atoms with Crippen molar-refractivity contribution >= 4 is 35.4 Å². The molecule has 1 saturated heterocycles. The minimum atomic E-state index is -1.12. The smallest absolute Gasteiger partial charge is 0.341 e. The SMILES string of the molecule is CCOc1cc(/C=N\NC(=O)c2ccc(N3CCCC3)cc2)cc(Cl)c1OCC(=O)O. The number of nitrogens with one attached hydrogen (secondary N) is 1. The third-order valence-corrected chi connectivity index (χ3v) is 4.93. The molecule has 0 spiro atoms. The first-order chi connectivity index (χ1) is 15.0. The lowest BCUT2D eigenvalue weighted by molar-refractivity contribution is -0.139. The summed E-state index contributed by atoms with van der Waals surface area (Å²) in [7, 11) is 0. The molecule has 2 aromatic rings. The van der Waals surface area contributed by atoms with Gasteiger partial charge in [-0.1, -0.05) is 11.6 Å². The largest absolute Gasteiger partial charge is 0.490 e.